The first kappa shape index (κ1) is 19.8. The van der Waals surface area contributed by atoms with Crippen molar-refractivity contribution in [3.63, 3.8) is 0 Å². The van der Waals surface area contributed by atoms with Crippen molar-refractivity contribution >= 4 is 21.7 Å². The highest BCUT2D eigenvalue weighted by molar-refractivity contribution is 7.94. The van der Waals surface area contributed by atoms with E-state index in [1.54, 1.807) is 0 Å². The monoisotopic (exact) mass is 403 g/mol. The fourth-order valence-electron chi connectivity index (χ4n) is 2.83. The minimum atomic E-state index is -3.37. The summed E-state index contributed by atoms with van der Waals surface area (Å²) in [5.41, 5.74) is 0.802. The number of rotatable bonds is 6. The van der Waals surface area contributed by atoms with E-state index in [0.717, 1.165) is 17.0 Å². The zero-order chi connectivity index (χ0) is 20.1. The maximum atomic E-state index is 13.2. The van der Waals surface area contributed by atoms with Crippen molar-refractivity contribution in [2.45, 2.75) is 12.6 Å². The molecule has 0 unspecified atom stereocenters. The lowest BCUT2D eigenvalue weighted by molar-refractivity contribution is -0.136. The van der Waals surface area contributed by atoms with Crippen LogP contribution in [0.3, 0.4) is 0 Å². The number of nitrogens with zero attached hydrogens (tertiary/aromatic N) is 1. The van der Waals surface area contributed by atoms with Crippen LogP contribution in [0.5, 0.6) is 0 Å². The van der Waals surface area contributed by atoms with Crippen molar-refractivity contribution < 1.29 is 27.1 Å². The molecular formula is C20H18FNO5S. The van der Waals surface area contributed by atoms with Gasteiger partial charge in [0.05, 0.1) is 17.4 Å². The van der Waals surface area contributed by atoms with E-state index in [1.165, 1.54) is 29.2 Å². The summed E-state index contributed by atoms with van der Waals surface area (Å²) in [5, 5.41) is 1.09. The second-order valence-corrected chi connectivity index (χ2v) is 8.25. The Morgan fingerprint density at radius 2 is 1.86 bits per heavy atom. The van der Waals surface area contributed by atoms with Crippen molar-refractivity contribution in [2.75, 3.05) is 12.4 Å². The minimum Gasteiger partial charge on any atom is -0.452 e. The first-order valence-corrected chi connectivity index (χ1v) is 10.2. The van der Waals surface area contributed by atoms with Gasteiger partial charge in [-0.25, -0.2) is 17.6 Å². The van der Waals surface area contributed by atoms with E-state index in [1.807, 2.05) is 30.3 Å². The van der Waals surface area contributed by atoms with Gasteiger partial charge in [0.15, 0.2) is 16.4 Å². The van der Waals surface area contributed by atoms with E-state index >= 15 is 0 Å². The average molecular weight is 403 g/mol. The molecule has 6 nitrogen and oxygen atoms in total. The van der Waals surface area contributed by atoms with Crippen LogP contribution in [0.1, 0.15) is 15.9 Å². The van der Waals surface area contributed by atoms with Gasteiger partial charge in [-0.1, -0.05) is 36.4 Å². The first-order valence-electron chi connectivity index (χ1n) is 8.51. The number of carbonyl (C=O) groups is 2. The van der Waals surface area contributed by atoms with Gasteiger partial charge >= 0.3 is 5.97 Å². The highest BCUT2D eigenvalue weighted by Crippen LogP contribution is 2.18. The Hall–Kier alpha value is -3.00. The summed E-state index contributed by atoms with van der Waals surface area (Å²) in [6.45, 7) is -0.408. The molecule has 1 heterocycles. The Bertz CT molecular complexity index is 1000. The molecule has 0 fully saturated rings. The number of carbonyl (C=O) groups excluding carboxylic acids is 2. The minimum absolute atomic E-state index is 0.00857. The highest BCUT2D eigenvalue weighted by Gasteiger charge is 2.30. The van der Waals surface area contributed by atoms with Crippen LogP contribution in [0.4, 0.5) is 4.39 Å². The third-order valence-electron chi connectivity index (χ3n) is 4.21. The smallest absolute Gasteiger partial charge is 0.338 e. The van der Waals surface area contributed by atoms with Gasteiger partial charge in [-0.15, -0.1) is 0 Å². The fourth-order valence-corrected chi connectivity index (χ4v) is 4.13. The molecule has 1 amide bonds. The molecule has 8 heteroatoms. The van der Waals surface area contributed by atoms with Gasteiger partial charge in [0.2, 0.25) is 0 Å². The summed E-state index contributed by atoms with van der Waals surface area (Å²) in [6.07, 6.45) is 1.45. The molecule has 2 aromatic carbocycles. The topological polar surface area (TPSA) is 80.8 Å². The predicted octanol–water partition coefficient (Wildman–Crippen LogP) is 2.32. The Balaban J connectivity index is 1.71. The first-order chi connectivity index (χ1) is 13.3. The number of halogens is 1. The molecule has 0 radical (unpaired) electrons. The van der Waals surface area contributed by atoms with Crippen molar-refractivity contribution in [3.8, 4) is 0 Å². The molecule has 28 heavy (non-hydrogen) atoms. The molecule has 0 aliphatic carbocycles. The Morgan fingerprint density at radius 1 is 1.11 bits per heavy atom. The van der Waals surface area contributed by atoms with Crippen molar-refractivity contribution in [2.24, 2.45) is 0 Å². The second kappa shape index (κ2) is 8.35. The van der Waals surface area contributed by atoms with Gasteiger partial charge in [-0.2, -0.15) is 0 Å². The summed E-state index contributed by atoms with van der Waals surface area (Å²) in [5.74, 6) is -2.18. The molecule has 0 saturated heterocycles. The number of benzene rings is 2. The summed E-state index contributed by atoms with van der Waals surface area (Å²) in [4.78, 5) is 26.1. The standard InChI is InChI=1S/C20H18FNO5S/c21-17-8-4-7-16(11-17)20(24)27-13-19(23)22(12-15-5-2-1-3-6-15)18-9-10-28(25,26)14-18/h1-11,18H,12-14H2/t18-/m0/s1. The third kappa shape index (κ3) is 5.04. The summed E-state index contributed by atoms with van der Waals surface area (Å²) in [6, 6.07) is 13.4. The van der Waals surface area contributed by atoms with E-state index in [4.69, 9.17) is 4.74 Å². The quantitative estimate of drug-likeness (QED) is 0.692. The number of hydrogen-bond donors (Lipinski definition) is 0. The van der Waals surface area contributed by atoms with Crippen LogP contribution in [0, 0.1) is 5.82 Å². The lowest BCUT2D eigenvalue weighted by atomic mass is 10.1. The maximum absolute atomic E-state index is 13.2. The predicted molar refractivity (Wildman–Crippen MR) is 100 cm³/mol. The third-order valence-corrected chi connectivity index (χ3v) is 5.59. The van der Waals surface area contributed by atoms with E-state index in [9.17, 15) is 22.4 Å². The van der Waals surface area contributed by atoms with Gasteiger partial charge in [-0.05, 0) is 29.8 Å². The van der Waals surface area contributed by atoms with Crippen LogP contribution in [0.25, 0.3) is 0 Å². The second-order valence-electron chi connectivity index (χ2n) is 6.32. The number of amides is 1. The normalized spacial score (nSPS) is 17.2. The molecule has 0 bridgehead atoms. The molecule has 0 saturated carbocycles. The number of hydrogen-bond acceptors (Lipinski definition) is 5. The molecule has 2 aromatic rings. The summed E-state index contributed by atoms with van der Waals surface area (Å²) < 4.78 is 41.7. The number of sulfone groups is 1. The number of ether oxygens (including phenoxy) is 1. The van der Waals surface area contributed by atoms with Gasteiger partial charge < -0.3 is 9.64 Å². The van der Waals surface area contributed by atoms with Crippen molar-refractivity contribution in [1.29, 1.82) is 0 Å². The number of esters is 1. The molecule has 0 N–H and O–H groups in total. The van der Waals surface area contributed by atoms with Crippen LogP contribution in [-0.4, -0.2) is 43.6 Å². The zero-order valence-corrected chi connectivity index (χ0v) is 15.6. The lowest BCUT2D eigenvalue weighted by Gasteiger charge is -2.27. The molecule has 1 atom stereocenters. The largest absolute Gasteiger partial charge is 0.452 e. The van der Waals surface area contributed by atoms with Crippen LogP contribution in [-0.2, 0) is 25.9 Å². The van der Waals surface area contributed by atoms with Crippen LogP contribution in [0.2, 0.25) is 0 Å². The maximum Gasteiger partial charge on any atom is 0.338 e. The van der Waals surface area contributed by atoms with Crippen molar-refractivity contribution in [3.05, 3.63) is 83.0 Å². The molecule has 3 rings (SSSR count). The van der Waals surface area contributed by atoms with Gasteiger partial charge in [0.1, 0.15) is 5.82 Å². The zero-order valence-electron chi connectivity index (χ0n) is 14.8. The van der Waals surface area contributed by atoms with Gasteiger partial charge in [0, 0.05) is 12.0 Å². The average Bonchev–Trinajstić information content (AvgIpc) is 3.04. The van der Waals surface area contributed by atoms with Crippen LogP contribution >= 0.6 is 0 Å². The summed E-state index contributed by atoms with van der Waals surface area (Å²) in [7, 11) is -3.37. The Kier molecular flexibility index (Phi) is 5.89. The van der Waals surface area contributed by atoms with E-state index in [2.05, 4.69) is 0 Å². The van der Waals surface area contributed by atoms with E-state index in [-0.39, 0.29) is 17.9 Å². The van der Waals surface area contributed by atoms with Crippen LogP contribution < -0.4 is 0 Å². The van der Waals surface area contributed by atoms with E-state index in [0.29, 0.717) is 0 Å². The molecular weight excluding hydrogens is 385 g/mol. The highest BCUT2D eigenvalue weighted by atomic mass is 32.2. The Labute approximate surface area is 162 Å². The molecule has 0 aromatic heterocycles. The van der Waals surface area contributed by atoms with Gasteiger partial charge in [0.25, 0.3) is 5.91 Å². The summed E-state index contributed by atoms with van der Waals surface area (Å²) >= 11 is 0. The van der Waals surface area contributed by atoms with Crippen LogP contribution in [0.15, 0.2) is 66.1 Å². The van der Waals surface area contributed by atoms with E-state index < -0.39 is 40.2 Å². The molecule has 1 aliphatic heterocycles. The molecule has 0 spiro atoms. The molecule has 146 valence electrons. The van der Waals surface area contributed by atoms with Gasteiger partial charge in [-0.3, -0.25) is 4.79 Å². The molecule has 1 aliphatic rings. The lowest BCUT2D eigenvalue weighted by Crippen LogP contribution is -2.42. The van der Waals surface area contributed by atoms with Crippen molar-refractivity contribution in [1.82, 2.24) is 4.90 Å². The SMILES string of the molecule is O=C(OCC(=O)N(Cc1ccccc1)[C@H]1C=CS(=O)(=O)C1)c1cccc(F)c1. The Morgan fingerprint density at radius 3 is 2.50 bits per heavy atom. The fraction of sp³-hybridized carbons (Fsp3) is 0.200.